The third-order valence-electron chi connectivity index (χ3n) is 3.29. The topological polar surface area (TPSA) is 29.3 Å². The highest BCUT2D eigenvalue weighted by atomic mass is 79.9. The average Bonchev–Trinajstić information content (AvgIpc) is 2.82. The van der Waals surface area contributed by atoms with Crippen LogP contribution in [0, 0.1) is 0 Å². The summed E-state index contributed by atoms with van der Waals surface area (Å²) in [6.45, 7) is 0.705. The first-order chi connectivity index (χ1) is 8.22. The predicted octanol–water partition coefficient (Wildman–Crippen LogP) is 2.89. The summed E-state index contributed by atoms with van der Waals surface area (Å²) in [7, 11) is 2.21. The summed E-state index contributed by atoms with van der Waals surface area (Å²) in [5.74, 6) is 2.53. The van der Waals surface area contributed by atoms with Crippen molar-refractivity contribution in [1.82, 2.24) is 0 Å². The molecule has 1 aliphatic rings. The lowest BCUT2D eigenvalue weighted by atomic mass is 10.1. The van der Waals surface area contributed by atoms with Gasteiger partial charge in [-0.15, -0.1) is 0 Å². The lowest BCUT2D eigenvalue weighted by molar-refractivity contribution is 0.696. The van der Waals surface area contributed by atoms with E-state index in [1.807, 2.05) is 0 Å². The SMILES string of the molecule is CN(c1ccc(Br)cc1CCN)C1CCSC1. The van der Waals surface area contributed by atoms with Crippen molar-refractivity contribution in [2.75, 3.05) is 30.0 Å². The van der Waals surface area contributed by atoms with Crippen LogP contribution in [0.15, 0.2) is 22.7 Å². The minimum atomic E-state index is 0.678. The third-order valence-corrected chi connectivity index (χ3v) is 4.93. The number of halogens is 1. The Morgan fingerprint density at radius 2 is 2.35 bits per heavy atom. The number of nitrogens with two attached hydrogens (primary N) is 1. The Balaban J connectivity index is 2.23. The van der Waals surface area contributed by atoms with E-state index in [-0.39, 0.29) is 0 Å². The van der Waals surface area contributed by atoms with Crippen LogP contribution < -0.4 is 10.6 Å². The molecule has 0 aliphatic carbocycles. The Kier molecular flexibility index (Phi) is 4.77. The van der Waals surface area contributed by atoms with Crippen LogP contribution in [-0.4, -0.2) is 31.1 Å². The van der Waals surface area contributed by atoms with Gasteiger partial charge in [-0.1, -0.05) is 15.9 Å². The molecule has 1 fully saturated rings. The molecule has 1 heterocycles. The normalized spacial score (nSPS) is 19.6. The largest absolute Gasteiger partial charge is 0.371 e. The number of thioether (sulfide) groups is 1. The smallest absolute Gasteiger partial charge is 0.0400 e. The molecule has 1 aromatic carbocycles. The number of hydrogen-bond donors (Lipinski definition) is 1. The van der Waals surface area contributed by atoms with Crippen LogP contribution in [0.2, 0.25) is 0 Å². The fraction of sp³-hybridized carbons (Fsp3) is 0.538. The van der Waals surface area contributed by atoms with E-state index >= 15 is 0 Å². The summed E-state index contributed by atoms with van der Waals surface area (Å²) in [5, 5.41) is 0. The molecular formula is C13H19BrN2S. The predicted molar refractivity (Wildman–Crippen MR) is 81.0 cm³/mol. The van der Waals surface area contributed by atoms with Crippen molar-refractivity contribution in [3.05, 3.63) is 28.2 Å². The Morgan fingerprint density at radius 1 is 1.53 bits per heavy atom. The molecule has 0 amide bonds. The van der Waals surface area contributed by atoms with Gasteiger partial charge in [0, 0.05) is 29.0 Å². The molecular weight excluding hydrogens is 296 g/mol. The Bertz CT molecular complexity index is 378. The highest BCUT2D eigenvalue weighted by Gasteiger charge is 2.21. The molecule has 1 saturated heterocycles. The fourth-order valence-corrected chi connectivity index (χ4v) is 3.95. The van der Waals surface area contributed by atoms with Crippen LogP contribution in [-0.2, 0) is 6.42 Å². The zero-order valence-corrected chi connectivity index (χ0v) is 12.6. The van der Waals surface area contributed by atoms with E-state index in [1.165, 1.54) is 29.2 Å². The number of hydrogen-bond acceptors (Lipinski definition) is 3. The first kappa shape index (κ1) is 13.2. The van der Waals surface area contributed by atoms with E-state index < -0.39 is 0 Å². The van der Waals surface area contributed by atoms with Crippen LogP contribution in [0.25, 0.3) is 0 Å². The molecule has 1 unspecified atom stereocenters. The number of benzene rings is 1. The zero-order valence-electron chi connectivity index (χ0n) is 10.2. The molecule has 1 aliphatic heterocycles. The number of rotatable bonds is 4. The van der Waals surface area contributed by atoms with Gasteiger partial charge >= 0.3 is 0 Å². The summed E-state index contributed by atoms with van der Waals surface area (Å²) >= 11 is 5.59. The standard InChI is InChI=1S/C13H19BrN2S/c1-16(12-5-7-17-9-12)13-3-2-11(14)8-10(13)4-6-15/h2-3,8,12H,4-7,9,15H2,1H3. The first-order valence-electron chi connectivity index (χ1n) is 6.01. The van der Waals surface area contributed by atoms with Gasteiger partial charge in [0.15, 0.2) is 0 Å². The lowest BCUT2D eigenvalue weighted by Gasteiger charge is -2.28. The van der Waals surface area contributed by atoms with E-state index in [0.717, 1.165) is 10.9 Å². The molecule has 0 aromatic heterocycles. The van der Waals surface area contributed by atoms with Gasteiger partial charge < -0.3 is 10.6 Å². The Hall–Kier alpha value is -0.190. The molecule has 4 heteroatoms. The van der Waals surface area contributed by atoms with Crippen molar-refractivity contribution in [3.63, 3.8) is 0 Å². The van der Waals surface area contributed by atoms with Gasteiger partial charge in [0.2, 0.25) is 0 Å². The maximum Gasteiger partial charge on any atom is 0.0400 e. The number of anilines is 1. The molecule has 2 rings (SSSR count). The molecule has 0 saturated carbocycles. The molecule has 2 nitrogen and oxygen atoms in total. The molecule has 17 heavy (non-hydrogen) atoms. The van der Waals surface area contributed by atoms with Crippen LogP contribution >= 0.6 is 27.7 Å². The highest BCUT2D eigenvalue weighted by molar-refractivity contribution is 9.10. The molecule has 2 N–H and O–H groups in total. The van der Waals surface area contributed by atoms with Crippen molar-refractivity contribution in [2.24, 2.45) is 5.73 Å². The van der Waals surface area contributed by atoms with E-state index in [2.05, 4.69) is 57.8 Å². The van der Waals surface area contributed by atoms with E-state index in [4.69, 9.17) is 5.73 Å². The van der Waals surface area contributed by atoms with Crippen molar-refractivity contribution in [2.45, 2.75) is 18.9 Å². The maximum absolute atomic E-state index is 5.70. The summed E-state index contributed by atoms with van der Waals surface area (Å²) in [6.07, 6.45) is 2.23. The quantitative estimate of drug-likeness (QED) is 0.926. The molecule has 1 aromatic rings. The zero-order chi connectivity index (χ0) is 12.3. The van der Waals surface area contributed by atoms with E-state index in [9.17, 15) is 0 Å². The van der Waals surface area contributed by atoms with Crippen LogP contribution in [0.1, 0.15) is 12.0 Å². The molecule has 1 atom stereocenters. The average molecular weight is 315 g/mol. The van der Waals surface area contributed by atoms with Crippen LogP contribution in [0.5, 0.6) is 0 Å². The summed E-state index contributed by atoms with van der Waals surface area (Å²) in [5.41, 5.74) is 8.38. The summed E-state index contributed by atoms with van der Waals surface area (Å²) in [4.78, 5) is 2.43. The van der Waals surface area contributed by atoms with Gasteiger partial charge in [0.05, 0.1) is 0 Å². The van der Waals surface area contributed by atoms with Gasteiger partial charge in [-0.25, -0.2) is 0 Å². The minimum absolute atomic E-state index is 0.678. The molecule has 0 bridgehead atoms. The highest BCUT2D eigenvalue weighted by Crippen LogP contribution is 2.30. The monoisotopic (exact) mass is 314 g/mol. The van der Waals surface area contributed by atoms with Gasteiger partial charge in [0.25, 0.3) is 0 Å². The fourth-order valence-electron chi connectivity index (χ4n) is 2.28. The molecule has 0 spiro atoms. The van der Waals surface area contributed by atoms with Crippen molar-refractivity contribution in [3.8, 4) is 0 Å². The second-order valence-corrected chi connectivity index (χ2v) is 6.51. The minimum Gasteiger partial charge on any atom is -0.371 e. The summed E-state index contributed by atoms with van der Waals surface area (Å²) < 4.78 is 1.14. The van der Waals surface area contributed by atoms with Crippen molar-refractivity contribution in [1.29, 1.82) is 0 Å². The lowest BCUT2D eigenvalue weighted by Crippen LogP contribution is -2.32. The summed E-state index contributed by atoms with van der Waals surface area (Å²) in [6, 6.07) is 7.20. The van der Waals surface area contributed by atoms with Gasteiger partial charge in [-0.05, 0) is 48.9 Å². The Morgan fingerprint density at radius 3 is 3.00 bits per heavy atom. The Labute approximate surface area is 116 Å². The maximum atomic E-state index is 5.70. The van der Waals surface area contributed by atoms with Gasteiger partial charge in [-0.3, -0.25) is 0 Å². The third kappa shape index (κ3) is 3.18. The second-order valence-electron chi connectivity index (χ2n) is 4.44. The van der Waals surface area contributed by atoms with Crippen molar-refractivity contribution < 1.29 is 0 Å². The van der Waals surface area contributed by atoms with Gasteiger partial charge in [-0.2, -0.15) is 11.8 Å². The molecule has 0 radical (unpaired) electrons. The van der Waals surface area contributed by atoms with Crippen molar-refractivity contribution >= 4 is 33.4 Å². The van der Waals surface area contributed by atoms with E-state index in [1.54, 1.807) is 0 Å². The van der Waals surface area contributed by atoms with E-state index in [0.29, 0.717) is 12.6 Å². The number of nitrogens with zero attached hydrogens (tertiary/aromatic N) is 1. The first-order valence-corrected chi connectivity index (χ1v) is 7.96. The van der Waals surface area contributed by atoms with Crippen LogP contribution in [0.4, 0.5) is 5.69 Å². The van der Waals surface area contributed by atoms with Crippen LogP contribution in [0.3, 0.4) is 0 Å². The second kappa shape index (κ2) is 6.12. The molecule has 94 valence electrons. The van der Waals surface area contributed by atoms with Gasteiger partial charge in [0.1, 0.15) is 0 Å².